The molecule has 1 saturated heterocycles. The van der Waals surface area contributed by atoms with Gasteiger partial charge >= 0.3 is 0 Å². The van der Waals surface area contributed by atoms with Crippen LogP contribution in [0.25, 0.3) is 0 Å². The summed E-state index contributed by atoms with van der Waals surface area (Å²) >= 11 is 1.33. The Morgan fingerprint density at radius 3 is 2.32 bits per heavy atom. The highest BCUT2D eigenvalue weighted by atomic mass is 32.2. The lowest BCUT2D eigenvalue weighted by Crippen LogP contribution is -2.39. The van der Waals surface area contributed by atoms with Gasteiger partial charge in [-0.05, 0) is 62.2 Å². The Morgan fingerprint density at radius 2 is 1.74 bits per heavy atom. The molecule has 9 heteroatoms. The first-order valence-corrected chi connectivity index (χ1v) is 11.2. The van der Waals surface area contributed by atoms with E-state index in [0.29, 0.717) is 0 Å². The van der Waals surface area contributed by atoms with Gasteiger partial charge in [0, 0.05) is 35.2 Å². The van der Waals surface area contributed by atoms with Gasteiger partial charge in [0.25, 0.3) is 5.69 Å². The Hall–Kier alpha value is -2.91. The Kier molecular flexibility index (Phi) is 8.02. The number of carbonyl (C=O) groups is 2. The number of carbonyl (C=O) groups excluding carboxylic acids is 2. The number of nitrogens with one attached hydrogen (secondary N) is 1. The zero-order valence-electron chi connectivity index (χ0n) is 17.2. The van der Waals surface area contributed by atoms with Crippen molar-refractivity contribution in [2.45, 2.75) is 24.2 Å². The first kappa shape index (κ1) is 22.8. The summed E-state index contributed by atoms with van der Waals surface area (Å²) in [5, 5.41) is 13.5. The molecule has 2 aromatic carbocycles. The van der Waals surface area contributed by atoms with Gasteiger partial charge in [-0.3, -0.25) is 19.7 Å². The van der Waals surface area contributed by atoms with E-state index in [1.54, 1.807) is 12.1 Å². The Bertz CT molecular complexity index is 910. The molecule has 0 spiro atoms. The third-order valence-electron chi connectivity index (χ3n) is 5.36. The minimum atomic E-state index is -0.448. The Labute approximate surface area is 185 Å². The lowest BCUT2D eigenvalue weighted by Gasteiger charge is -2.30. The maximum Gasteiger partial charge on any atom is 0.269 e. The molecule has 0 bridgehead atoms. The highest BCUT2D eigenvalue weighted by Gasteiger charge is 2.22. The third-order valence-corrected chi connectivity index (χ3v) is 6.37. The molecule has 0 radical (unpaired) electrons. The van der Waals surface area contributed by atoms with Crippen molar-refractivity contribution in [1.29, 1.82) is 0 Å². The van der Waals surface area contributed by atoms with Crippen molar-refractivity contribution < 1.29 is 14.5 Å². The fourth-order valence-corrected chi connectivity index (χ4v) is 4.19. The molecule has 2 aromatic rings. The molecule has 8 nitrogen and oxygen atoms in total. The second-order valence-corrected chi connectivity index (χ2v) is 8.60. The standard InChI is InChI=1S/C22H26N4O4S/c23-22(28)17-10-13-25(14-11-17)12-9-16-1-3-18(4-2-16)24-21(27)15-31-20-7-5-19(6-8-20)26(29)30/h1-8,17H,9-15H2,(H2,23,28)(H,24,27). The quantitative estimate of drug-likeness (QED) is 0.350. The van der Waals surface area contributed by atoms with E-state index in [1.807, 2.05) is 24.3 Å². The number of nitrogens with two attached hydrogens (primary N) is 1. The average molecular weight is 443 g/mol. The van der Waals surface area contributed by atoms with Gasteiger partial charge in [0.05, 0.1) is 10.7 Å². The lowest BCUT2D eigenvalue weighted by molar-refractivity contribution is -0.384. The van der Waals surface area contributed by atoms with E-state index in [9.17, 15) is 19.7 Å². The van der Waals surface area contributed by atoms with Crippen LogP contribution < -0.4 is 11.1 Å². The van der Waals surface area contributed by atoms with E-state index in [0.717, 1.165) is 49.5 Å². The van der Waals surface area contributed by atoms with Crippen LogP contribution in [0.2, 0.25) is 0 Å². The van der Waals surface area contributed by atoms with Gasteiger partial charge in [-0.2, -0.15) is 0 Å². The fraction of sp³-hybridized carbons (Fsp3) is 0.364. The normalized spacial score (nSPS) is 14.8. The molecule has 1 aliphatic rings. The largest absolute Gasteiger partial charge is 0.369 e. The SMILES string of the molecule is NC(=O)C1CCN(CCc2ccc(NC(=O)CSc3ccc([N+](=O)[O-])cc3)cc2)CC1. The number of nitro groups is 1. The van der Waals surface area contributed by atoms with E-state index < -0.39 is 4.92 Å². The minimum absolute atomic E-state index is 0.0118. The molecule has 31 heavy (non-hydrogen) atoms. The van der Waals surface area contributed by atoms with Crippen molar-refractivity contribution in [1.82, 2.24) is 4.90 Å². The number of primary amides is 1. The highest BCUT2D eigenvalue weighted by molar-refractivity contribution is 8.00. The first-order valence-electron chi connectivity index (χ1n) is 10.2. The van der Waals surface area contributed by atoms with Crippen molar-refractivity contribution in [3.05, 3.63) is 64.2 Å². The highest BCUT2D eigenvalue weighted by Crippen LogP contribution is 2.22. The number of rotatable bonds is 9. The summed E-state index contributed by atoms with van der Waals surface area (Å²) in [6, 6.07) is 13.9. The van der Waals surface area contributed by atoms with Gasteiger partial charge < -0.3 is 16.0 Å². The Morgan fingerprint density at radius 1 is 1.10 bits per heavy atom. The summed E-state index contributed by atoms with van der Waals surface area (Å²) in [5.41, 5.74) is 7.34. The van der Waals surface area contributed by atoms with E-state index >= 15 is 0 Å². The first-order chi connectivity index (χ1) is 14.9. The number of benzene rings is 2. The Balaban J connectivity index is 1.39. The van der Waals surface area contributed by atoms with Crippen molar-refractivity contribution in [2.24, 2.45) is 11.7 Å². The van der Waals surface area contributed by atoms with E-state index in [2.05, 4.69) is 10.2 Å². The zero-order valence-corrected chi connectivity index (χ0v) is 18.0. The smallest absolute Gasteiger partial charge is 0.269 e. The summed E-state index contributed by atoms with van der Waals surface area (Å²) < 4.78 is 0. The number of nitrogens with zero attached hydrogens (tertiary/aromatic N) is 2. The van der Waals surface area contributed by atoms with Gasteiger partial charge in [0.15, 0.2) is 0 Å². The van der Waals surface area contributed by atoms with Crippen LogP contribution in [0.15, 0.2) is 53.4 Å². The number of likely N-dealkylation sites (tertiary alicyclic amines) is 1. The molecule has 0 atom stereocenters. The van der Waals surface area contributed by atoms with E-state index in [-0.39, 0.29) is 29.2 Å². The number of hydrogen-bond donors (Lipinski definition) is 2. The van der Waals surface area contributed by atoms with Crippen LogP contribution in [0.5, 0.6) is 0 Å². The minimum Gasteiger partial charge on any atom is -0.369 e. The summed E-state index contributed by atoms with van der Waals surface area (Å²) in [5.74, 6) is -0.0875. The number of amides is 2. The maximum absolute atomic E-state index is 12.2. The monoisotopic (exact) mass is 442 g/mol. The van der Waals surface area contributed by atoms with Gasteiger partial charge in [-0.25, -0.2) is 0 Å². The number of nitro benzene ring substituents is 1. The second-order valence-electron chi connectivity index (χ2n) is 7.55. The van der Waals surface area contributed by atoms with Crippen LogP contribution in [0.4, 0.5) is 11.4 Å². The molecule has 3 N–H and O–H groups in total. The van der Waals surface area contributed by atoms with Crippen LogP contribution >= 0.6 is 11.8 Å². The number of anilines is 1. The van der Waals surface area contributed by atoms with Gasteiger partial charge in [-0.15, -0.1) is 11.8 Å². The van der Waals surface area contributed by atoms with Crippen molar-refractivity contribution >= 4 is 35.0 Å². The average Bonchev–Trinajstić information content (AvgIpc) is 2.78. The molecule has 0 unspecified atom stereocenters. The van der Waals surface area contributed by atoms with E-state index in [1.165, 1.54) is 29.5 Å². The number of piperidine rings is 1. The number of thioether (sulfide) groups is 1. The topological polar surface area (TPSA) is 119 Å². The molecule has 0 aromatic heterocycles. The molecule has 3 rings (SSSR count). The molecule has 1 heterocycles. The van der Waals surface area contributed by atoms with Crippen LogP contribution in [0, 0.1) is 16.0 Å². The number of hydrogen-bond acceptors (Lipinski definition) is 6. The van der Waals surface area contributed by atoms with Crippen molar-refractivity contribution in [3.63, 3.8) is 0 Å². The fourth-order valence-electron chi connectivity index (χ4n) is 3.49. The second kappa shape index (κ2) is 10.9. The molecule has 2 amide bonds. The van der Waals surface area contributed by atoms with Gasteiger partial charge in [0.1, 0.15) is 0 Å². The molecule has 1 aliphatic heterocycles. The van der Waals surface area contributed by atoms with Crippen LogP contribution in [0.1, 0.15) is 18.4 Å². The third kappa shape index (κ3) is 7.08. The van der Waals surface area contributed by atoms with Crippen molar-refractivity contribution in [2.75, 3.05) is 30.7 Å². The summed E-state index contributed by atoms with van der Waals surface area (Å²) in [6.07, 6.45) is 2.57. The zero-order chi connectivity index (χ0) is 22.2. The number of non-ortho nitro benzene ring substituents is 1. The maximum atomic E-state index is 12.2. The van der Waals surface area contributed by atoms with Gasteiger partial charge in [-0.1, -0.05) is 12.1 Å². The van der Waals surface area contributed by atoms with Crippen LogP contribution in [-0.4, -0.2) is 47.0 Å². The predicted molar refractivity (Wildman–Crippen MR) is 121 cm³/mol. The molecular weight excluding hydrogens is 416 g/mol. The summed E-state index contributed by atoms with van der Waals surface area (Å²) in [6.45, 7) is 2.73. The molecule has 1 fully saturated rings. The molecule has 164 valence electrons. The molecule has 0 aliphatic carbocycles. The van der Waals surface area contributed by atoms with E-state index in [4.69, 9.17) is 5.73 Å². The molecular formula is C22H26N4O4S. The van der Waals surface area contributed by atoms with Crippen LogP contribution in [0.3, 0.4) is 0 Å². The van der Waals surface area contributed by atoms with Crippen molar-refractivity contribution in [3.8, 4) is 0 Å². The summed E-state index contributed by atoms with van der Waals surface area (Å²) in [7, 11) is 0. The predicted octanol–water partition coefficient (Wildman–Crippen LogP) is 3.07. The summed E-state index contributed by atoms with van der Waals surface area (Å²) in [4.78, 5) is 36.8. The molecule has 0 saturated carbocycles. The lowest BCUT2D eigenvalue weighted by atomic mass is 9.96. The van der Waals surface area contributed by atoms with Gasteiger partial charge in [0.2, 0.25) is 11.8 Å². The van der Waals surface area contributed by atoms with Crippen LogP contribution in [-0.2, 0) is 16.0 Å².